The van der Waals surface area contributed by atoms with E-state index < -0.39 is 101 Å². The lowest BCUT2D eigenvalue weighted by atomic mass is 9.92. The van der Waals surface area contributed by atoms with Crippen molar-refractivity contribution in [2.75, 3.05) is 13.2 Å². The number of nitrogens with one attached hydrogen (secondary N) is 4. The molecular weight excluding hydrogens is 602 g/mol. The third-order valence-electron chi connectivity index (χ3n) is 7.33. The molecule has 44 heavy (non-hydrogen) atoms. The Morgan fingerprint density at radius 3 is 2.23 bits per heavy atom. The van der Waals surface area contributed by atoms with Crippen molar-refractivity contribution in [2.45, 2.75) is 82.8 Å². The highest BCUT2D eigenvalue weighted by Gasteiger charge is 2.38. The van der Waals surface area contributed by atoms with Gasteiger partial charge in [-0.2, -0.15) is 8.78 Å². The van der Waals surface area contributed by atoms with Crippen LogP contribution in [0.25, 0.3) is 0 Å². The maximum Gasteiger partial charge on any atom is 0.309 e. The molecule has 1 aromatic rings. The predicted molar refractivity (Wildman–Crippen MR) is 141 cm³/mol. The minimum Gasteiger partial charge on any atom is -0.479 e. The van der Waals surface area contributed by atoms with Crippen molar-refractivity contribution >= 4 is 29.4 Å². The van der Waals surface area contributed by atoms with E-state index in [4.69, 9.17) is 4.74 Å². The van der Waals surface area contributed by atoms with Crippen LogP contribution in [0, 0.1) is 35.1 Å². The summed E-state index contributed by atoms with van der Waals surface area (Å²) in [6.45, 7) is 2.50. The van der Waals surface area contributed by atoms with Crippen LogP contribution in [0.15, 0.2) is 6.07 Å². The fraction of sp³-hybridized carbons (Fsp3) is 0.607. The van der Waals surface area contributed by atoms with Crippen LogP contribution in [0.2, 0.25) is 0 Å². The number of carbonyl (C=O) groups excluding carboxylic acids is 5. The van der Waals surface area contributed by atoms with E-state index in [1.807, 2.05) is 0 Å². The second kappa shape index (κ2) is 14.8. The summed E-state index contributed by atoms with van der Waals surface area (Å²) in [7, 11) is 0. The number of ketones is 1. The smallest absolute Gasteiger partial charge is 0.309 e. The molecule has 4 N–H and O–H groups in total. The van der Waals surface area contributed by atoms with Crippen molar-refractivity contribution in [2.24, 2.45) is 11.8 Å². The van der Waals surface area contributed by atoms with E-state index in [0.29, 0.717) is 0 Å². The molecule has 1 aliphatic carbocycles. The molecule has 1 unspecified atom stereocenters. The highest BCUT2D eigenvalue weighted by Crippen LogP contribution is 2.33. The zero-order valence-electron chi connectivity index (χ0n) is 24.0. The first-order chi connectivity index (χ1) is 20.6. The summed E-state index contributed by atoms with van der Waals surface area (Å²) in [6, 6.07) is -3.92. The molecule has 0 spiro atoms. The van der Waals surface area contributed by atoms with Crippen molar-refractivity contribution in [3.63, 3.8) is 0 Å². The number of Topliss-reactive ketones (excluding diaryl/α,β-unsaturated/α-hetero) is 1. The lowest BCUT2D eigenvalue weighted by Crippen LogP contribution is -2.56. The summed E-state index contributed by atoms with van der Waals surface area (Å²) in [5, 5.41) is 9.39. The molecule has 4 amide bonds. The van der Waals surface area contributed by atoms with Gasteiger partial charge in [0.15, 0.2) is 23.2 Å². The highest BCUT2D eigenvalue weighted by atomic mass is 19.3. The Morgan fingerprint density at radius 2 is 1.66 bits per heavy atom. The molecule has 1 saturated heterocycles. The van der Waals surface area contributed by atoms with Crippen LogP contribution < -0.4 is 26.0 Å². The summed E-state index contributed by atoms with van der Waals surface area (Å²) >= 11 is 0. The van der Waals surface area contributed by atoms with E-state index in [0.717, 1.165) is 0 Å². The normalized spacial score (nSPS) is 20.8. The first kappa shape index (κ1) is 34.6. The van der Waals surface area contributed by atoms with Gasteiger partial charge in [-0.1, -0.05) is 13.8 Å². The molecule has 0 bridgehead atoms. The maximum atomic E-state index is 14.0. The largest absolute Gasteiger partial charge is 0.479 e. The van der Waals surface area contributed by atoms with E-state index in [1.165, 1.54) is 0 Å². The van der Waals surface area contributed by atoms with Crippen LogP contribution in [-0.4, -0.2) is 66.6 Å². The van der Waals surface area contributed by atoms with Gasteiger partial charge >= 0.3 is 11.8 Å². The highest BCUT2D eigenvalue weighted by molar-refractivity contribution is 6.35. The summed E-state index contributed by atoms with van der Waals surface area (Å²) in [5.74, 6) is -17.7. The summed E-state index contributed by atoms with van der Waals surface area (Å²) < 4.78 is 87.4. The molecule has 10 nitrogen and oxygen atoms in total. The second-order valence-corrected chi connectivity index (χ2v) is 11.4. The van der Waals surface area contributed by atoms with Crippen LogP contribution in [0.4, 0.5) is 26.3 Å². The van der Waals surface area contributed by atoms with E-state index in [2.05, 4.69) is 21.3 Å². The van der Waals surface area contributed by atoms with E-state index in [9.17, 15) is 50.3 Å². The number of hydrogen-bond acceptors (Lipinski definition) is 6. The molecular formula is C28H34F6N4O6. The average Bonchev–Trinajstić information content (AvgIpc) is 3.34. The number of halogens is 6. The van der Waals surface area contributed by atoms with Gasteiger partial charge in [-0.05, 0) is 38.0 Å². The topological polar surface area (TPSA) is 143 Å². The van der Waals surface area contributed by atoms with Crippen molar-refractivity contribution in [3.8, 4) is 5.75 Å². The fourth-order valence-electron chi connectivity index (χ4n) is 5.09. The predicted octanol–water partition coefficient (Wildman–Crippen LogP) is 2.43. The van der Waals surface area contributed by atoms with Gasteiger partial charge in [0.2, 0.25) is 29.4 Å². The molecule has 3 rings (SSSR count). The van der Waals surface area contributed by atoms with Gasteiger partial charge in [0.25, 0.3) is 0 Å². The third kappa shape index (κ3) is 9.32. The average molecular weight is 637 g/mol. The van der Waals surface area contributed by atoms with Crippen molar-refractivity contribution in [1.82, 2.24) is 21.3 Å². The Labute approximate surface area is 249 Å². The van der Waals surface area contributed by atoms with Gasteiger partial charge < -0.3 is 26.0 Å². The molecule has 2 fully saturated rings. The zero-order chi connectivity index (χ0) is 32.8. The van der Waals surface area contributed by atoms with E-state index in [-0.39, 0.29) is 57.1 Å². The molecule has 16 heteroatoms. The van der Waals surface area contributed by atoms with Gasteiger partial charge in [0, 0.05) is 37.4 Å². The van der Waals surface area contributed by atoms with Crippen LogP contribution in [0.1, 0.15) is 58.8 Å². The first-order valence-corrected chi connectivity index (χ1v) is 14.1. The minimum atomic E-state index is -2.99. The van der Waals surface area contributed by atoms with Gasteiger partial charge in [0.05, 0.1) is 6.04 Å². The standard InChI is InChI=1S/C28H34F6N4O6/c1-13(2)8-19(38-27(43)26(42)36-15-4-3-6-28(33,34)11-15)25(41)37-18(9-14-5-7-35-24(14)40)20(39)12-44-23-21(31)16(29)10-17(30)22(23)32/h10,13-15,18-19H,3-9,11-12H2,1-2H3,(H,35,40)(H,36,42)(H,37,41)(H,38,43)/t14-,15?,18-,19-/m0/s1. The Hall–Kier alpha value is -3.85. The molecule has 1 aliphatic heterocycles. The van der Waals surface area contributed by atoms with Crippen molar-refractivity contribution in [3.05, 3.63) is 29.3 Å². The van der Waals surface area contributed by atoms with Crippen molar-refractivity contribution in [1.29, 1.82) is 0 Å². The molecule has 1 aromatic carbocycles. The lowest BCUT2D eigenvalue weighted by molar-refractivity contribution is -0.142. The number of alkyl halides is 2. The first-order valence-electron chi connectivity index (χ1n) is 14.1. The summed E-state index contributed by atoms with van der Waals surface area (Å²) in [5.41, 5.74) is 0. The molecule has 1 heterocycles. The Bertz CT molecular complexity index is 1250. The zero-order valence-corrected chi connectivity index (χ0v) is 24.0. The maximum absolute atomic E-state index is 14.0. The number of rotatable bonds is 12. The minimum absolute atomic E-state index is 0.0350. The number of ether oxygens (including phenoxy) is 1. The quantitative estimate of drug-likeness (QED) is 0.158. The van der Waals surface area contributed by atoms with E-state index in [1.54, 1.807) is 13.8 Å². The monoisotopic (exact) mass is 636 g/mol. The summed E-state index contributed by atoms with van der Waals surface area (Å²) in [6.07, 6.45) is -0.639. The number of amides is 4. The van der Waals surface area contributed by atoms with Crippen LogP contribution in [0.5, 0.6) is 5.75 Å². The number of carbonyl (C=O) groups is 5. The Kier molecular flexibility index (Phi) is 11.6. The van der Waals surface area contributed by atoms with Gasteiger partial charge in [0.1, 0.15) is 12.6 Å². The molecule has 244 valence electrons. The van der Waals surface area contributed by atoms with Crippen molar-refractivity contribution < 1.29 is 55.1 Å². The van der Waals surface area contributed by atoms with Crippen LogP contribution >= 0.6 is 0 Å². The lowest BCUT2D eigenvalue weighted by Gasteiger charge is -2.29. The Balaban J connectivity index is 1.73. The molecule has 0 aromatic heterocycles. The summed E-state index contributed by atoms with van der Waals surface area (Å²) in [4.78, 5) is 63.6. The van der Waals surface area contributed by atoms with Crippen LogP contribution in [0.3, 0.4) is 0 Å². The van der Waals surface area contributed by atoms with E-state index >= 15 is 0 Å². The SMILES string of the molecule is CC(C)C[C@H](NC(=O)C(=O)NC1CCCC(F)(F)C1)C(=O)N[C@@H](C[C@@H]1CCNC1=O)C(=O)COc1c(F)c(F)cc(F)c1F. The molecule has 4 atom stereocenters. The fourth-order valence-corrected chi connectivity index (χ4v) is 5.09. The molecule has 0 radical (unpaired) electrons. The Morgan fingerprint density at radius 1 is 1.00 bits per heavy atom. The van der Waals surface area contributed by atoms with Gasteiger partial charge in [-0.3, -0.25) is 24.0 Å². The number of benzene rings is 1. The number of hydrogen-bond donors (Lipinski definition) is 4. The van der Waals surface area contributed by atoms with Gasteiger partial charge in [-0.25, -0.2) is 17.6 Å². The second-order valence-electron chi connectivity index (χ2n) is 11.4. The third-order valence-corrected chi connectivity index (χ3v) is 7.33. The molecule has 1 saturated carbocycles. The van der Waals surface area contributed by atoms with Gasteiger partial charge in [-0.15, -0.1) is 0 Å². The molecule has 2 aliphatic rings. The van der Waals surface area contributed by atoms with Crippen LogP contribution in [-0.2, 0) is 24.0 Å².